The molecule has 1 N–H and O–H groups in total. The first kappa shape index (κ1) is 14.7. The molecule has 1 aromatic rings. The summed E-state index contributed by atoms with van der Waals surface area (Å²) in [6.07, 6.45) is 5.44. The van der Waals surface area contributed by atoms with Crippen LogP contribution in [0.25, 0.3) is 0 Å². The number of anilines is 1. The molecule has 2 heteroatoms. The van der Waals surface area contributed by atoms with Crippen molar-refractivity contribution < 1.29 is 0 Å². The van der Waals surface area contributed by atoms with Gasteiger partial charge in [-0.05, 0) is 55.1 Å². The van der Waals surface area contributed by atoms with E-state index in [4.69, 9.17) is 11.6 Å². The second-order valence-electron chi connectivity index (χ2n) is 6.94. The zero-order valence-corrected chi connectivity index (χ0v) is 13.1. The number of hydrogen-bond donors (Lipinski definition) is 1. The summed E-state index contributed by atoms with van der Waals surface area (Å²) < 4.78 is 0. The van der Waals surface area contributed by atoms with E-state index in [2.05, 4.69) is 32.2 Å². The van der Waals surface area contributed by atoms with E-state index < -0.39 is 0 Å². The highest BCUT2D eigenvalue weighted by molar-refractivity contribution is 6.33. The van der Waals surface area contributed by atoms with E-state index in [0.717, 1.165) is 29.1 Å². The smallest absolute Gasteiger partial charge is 0.0637 e. The van der Waals surface area contributed by atoms with Crippen molar-refractivity contribution in [1.29, 1.82) is 0 Å². The van der Waals surface area contributed by atoms with Gasteiger partial charge in [-0.2, -0.15) is 0 Å². The molecule has 0 spiro atoms. The fraction of sp³-hybridized carbons (Fsp3) is 0.647. The average Bonchev–Trinajstić information content (AvgIpc) is 2.37. The van der Waals surface area contributed by atoms with Gasteiger partial charge >= 0.3 is 0 Å². The molecule has 0 amide bonds. The highest BCUT2D eigenvalue weighted by atomic mass is 35.5. The van der Waals surface area contributed by atoms with Gasteiger partial charge in [-0.3, -0.25) is 0 Å². The van der Waals surface area contributed by atoms with Gasteiger partial charge in [0.05, 0.1) is 10.7 Å². The lowest BCUT2D eigenvalue weighted by molar-refractivity contribution is 0.153. The maximum absolute atomic E-state index is 6.16. The number of para-hydroxylation sites is 1. The summed E-state index contributed by atoms with van der Waals surface area (Å²) >= 11 is 6.16. The van der Waals surface area contributed by atoms with Gasteiger partial charge < -0.3 is 5.32 Å². The van der Waals surface area contributed by atoms with Crippen LogP contribution in [0.3, 0.4) is 0 Å². The van der Waals surface area contributed by atoms with E-state index in [1.54, 1.807) is 0 Å². The Bertz CT molecular complexity index is 400. The summed E-state index contributed by atoms with van der Waals surface area (Å²) in [5.74, 6) is 1.69. The summed E-state index contributed by atoms with van der Waals surface area (Å²) in [5, 5.41) is 4.33. The minimum absolute atomic E-state index is 0.473. The van der Waals surface area contributed by atoms with Crippen molar-refractivity contribution in [3.8, 4) is 0 Å². The molecule has 1 saturated carbocycles. The SMILES string of the molecule is CC(C)(C)C1CCC(CNc2ccccc2Cl)CC1. The minimum Gasteiger partial charge on any atom is -0.384 e. The molecule has 19 heavy (non-hydrogen) atoms. The number of halogens is 1. The topological polar surface area (TPSA) is 12.0 Å². The number of nitrogens with one attached hydrogen (secondary N) is 1. The van der Waals surface area contributed by atoms with Crippen molar-refractivity contribution in [2.75, 3.05) is 11.9 Å². The summed E-state index contributed by atoms with van der Waals surface area (Å²) in [6.45, 7) is 8.18. The second kappa shape index (κ2) is 6.17. The van der Waals surface area contributed by atoms with Crippen LogP contribution in [0.5, 0.6) is 0 Å². The highest BCUT2D eigenvalue weighted by Gasteiger charge is 2.29. The molecule has 0 heterocycles. The Labute approximate surface area is 122 Å². The Morgan fingerprint density at radius 1 is 1.11 bits per heavy atom. The Morgan fingerprint density at radius 3 is 2.32 bits per heavy atom. The van der Waals surface area contributed by atoms with Crippen molar-refractivity contribution in [2.45, 2.75) is 46.5 Å². The van der Waals surface area contributed by atoms with Gasteiger partial charge in [-0.15, -0.1) is 0 Å². The Kier molecular flexibility index (Phi) is 4.78. The first-order valence-corrected chi connectivity index (χ1v) is 7.83. The van der Waals surface area contributed by atoms with Crippen LogP contribution in [0.2, 0.25) is 5.02 Å². The van der Waals surface area contributed by atoms with Crippen LogP contribution in [-0.4, -0.2) is 6.54 Å². The number of hydrogen-bond acceptors (Lipinski definition) is 1. The van der Waals surface area contributed by atoms with Crippen molar-refractivity contribution in [3.63, 3.8) is 0 Å². The van der Waals surface area contributed by atoms with Gasteiger partial charge in [0, 0.05) is 6.54 Å². The lowest BCUT2D eigenvalue weighted by atomic mass is 9.70. The minimum atomic E-state index is 0.473. The third-order valence-electron chi connectivity index (χ3n) is 4.53. The largest absolute Gasteiger partial charge is 0.384 e. The van der Waals surface area contributed by atoms with E-state index in [0.29, 0.717) is 5.41 Å². The molecule has 0 unspecified atom stereocenters. The average molecular weight is 280 g/mol. The Morgan fingerprint density at radius 2 is 1.74 bits per heavy atom. The summed E-state index contributed by atoms with van der Waals surface area (Å²) in [5.41, 5.74) is 1.54. The molecule has 0 bridgehead atoms. The monoisotopic (exact) mass is 279 g/mol. The fourth-order valence-corrected chi connectivity index (χ4v) is 3.29. The van der Waals surface area contributed by atoms with E-state index in [-0.39, 0.29) is 0 Å². The molecular formula is C17H26ClN. The standard InChI is InChI=1S/C17H26ClN/c1-17(2,3)14-10-8-13(9-11-14)12-19-16-7-5-4-6-15(16)18/h4-7,13-14,19H,8-12H2,1-3H3. The summed E-state index contributed by atoms with van der Waals surface area (Å²) in [6, 6.07) is 8.01. The molecule has 0 aliphatic heterocycles. The quantitative estimate of drug-likeness (QED) is 0.759. The van der Waals surface area contributed by atoms with Crippen molar-refractivity contribution in [3.05, 3.63) is 29.3 Å². The molecular weight excluding hydrogens is 254 g/mol. The van der Waals surface area contributed by atoms with Crippen LogP contribution in [0, 0.1) is 17.3 Å². The van der Waals surface area contributed by atoms with Crippen LogP contribution in [0.1, 0.15) is 46.5 Å². The molecule has 1 aliphatic carbocycles. The highest BCUT2D eigenvalue weighted by Crippen LogP contribution is 2.39. The lowest BCUT2D eigenvalue weighted by Gasteiger charge is -2.37. The van der Waals surface area contributed by atoms with E-state index >= 15 is 0 Å². The molecule has 1 aliphatic rings. The van der Waals surface area contributed by atoms with E-state index in [1.165, 1.54) is 25.7 Å². The maximum atomic E-state index is 6.16. The molecule has 1 aromatic carbocycles. The first-order valence-electron chi connectivity index (χ1n) is 7.45. The van der Waals surface area contributed by atoms with E-state index in [9.17, 15) is 0 Å². The molecule has 0 aromatic heterocycles. The zero-order chi connectivity index (χ0) is 13.9. The van der Waals surface area contributed by atoms with Crippen molar-refractivity contribution in [1.82, 2.24) is 0 Å². The van der Waals surface area contributed by atoms with Crippen molar-refractivity contribution in [2.24, 2.45) is 17.3 Å². The van der Waals surface area contributed by atoms with Gasteiger partial charge in [0.1, 0.15) is 0 Å². The molecule has 0 radical (unpaired) electrons. The molecule has 2 rings (SSSR count). The number of benzene rings is 1. The van der Waals surface area contributed by atoms with Crippen LogP contribution in [0.4, 0.5) is 5.69 Å². The van der Waals surface area contributed by atoms with Gasteiger partial charge in [-0.25, -0.2) is 0 Å². The van der Waals surface area contributed by atoms with Gasteiger partial charge in [0.2, 0.25) is 0 Å². The predicted molar refractivity (Wildman–Crippen MR) is 84.8 cm³/mol. The molecule has 1 nitrogen and oxygen atoms in total. The summed E-state index contributed by atoms with van der Waals surface area (Å²) in [7, 11) is 0. The normalized spacial score (nSPS) is 24.2. The zero-order valence-electron chi connectivity index (χ0n) is 12.4. The predicted octanol–water partition coefficient (Wildman–Crippen LogP) is 5.60. The maximum Gasteiger partial charge on any atom is 0.0637 e. The molecule has 106 valence electrons. The van der Waals surface area contributed by atoms with Gasteiger partial charge in [0.25, 0.3) is 0 Å². The third-order valence-corrected chi connectivity index (χ3v) is 4.86. The Hall–Kier alpha value is -0.690. The third kappa shape index (κ3) is 4.14. The Balaban J connectivity index is 1.79. The summed E-state index contributed by atoms with van der Waals surface area (Å²) in [4.78, 5) is 0. The fourth-order valence-electron chi connectivity index (χ4n) is 3.09. The van der Waals surface area contributed by atoms with Crippen LogP contribution >= 0.6 is 11.6 Å². The van der Waals surface area contributed by atoms with Crippen molar-refractivity contribution >= 4 is 17.3 Å². The van der Waals surface area contributed by atoms with Gasteiger partial charge in [-0.1, -0.05) is 44.5 Å². The van der Waals surface area contributed by atoms with E-state index in [1.807, 2.05) is 18.2 Å². The molecule has 0 saturated heterocycles. The van der Waals surface area contributed by atoms with Crippen LogP contribution in [0.15, 0.2) is 24.3 Å². The molecule has 0 atom stereocenters. The first-order chi connectivity index (χ1) is 8.97. The molecule has 1 fully saturated rings. The lowest BCUT2D eigenvalue weighted by Crippen LogP contribution is -2.28. The number of rotatable bonds is 3. The second-order valence-corrected chi connectivity index (χ2v) is 7.35. The van der Waals surface area contributed by atoms with Crippen LogP contribution < -0.4 is 5.32 Å². The van der Waals surface area contributed by atoms with Crippen LogP contribution in [-0.2, 0) is 0 Å². The van der Waals surface area contributed by atoms with Gasteiger partial charge in [0.15, 0.2) is 0 Å².